The van der Waals surface area contributed by atoms with E-state index in [0.29, 0.717) is 0 Å². The lowest BCUT2D eigenvalue weighted by atomic mass is 9.70. The molecule has 0 radical (unpaired) electrons. The maximum absolute atomic E-state index is 4.53. The van der Waals surface area contributed by atoms with Crippen LogP contribution in [0.5, 0.6) is 0 Å². The van der Waals surface area contributed by atoms with Gasteiger partial charge in [-0.05, 0) is 80.4 Å². The van der Waals surface area contributed by atoms with Crippen LogP contribution < -0.4 is 0 Å². The maximum Gasteiger partial charge on any atom is 0.108 e. The molecule has 1 heteroatoms. The summed E-state index contributed by atoms with van der Waals surface area (Å²) in [6.07, 6.45) is 3.87. The Morgan fingerprint density at radius 1 is 0.354 bits per heavy atom. The molecule has 0 N–H and O–H groups in total. The molecule has 0 saturated heterocycles. The molecule has 0 bridgehead atoms. The number of hydrogen-bond acceptors (Lipinski definition) is 1. The van der Waals surface area contributed by atoms with Gasteiger partial charge in [0.1, 0.15) is 10.8 Å². The zero-order valence-corrected chi connectivity index (χ0v) is 26.2. The highest BCUT2D eigenvalue weighted by atomic mass is 14.6. The van der Waals surface area contributed by atoms with Gasteiger partial charge in [0.2, 0.25) is 0 Å². The van der Waals surface area contributed by atoms with Crippen LogP contribution in [0.1, 0.15) is 44.5 Å². The van der Waals surface area contributed by atoms with E-state index in [1.54, 1.807) is 0 Å². The van der Waals surface area contributed by atoms with E-state index in [-0.39, 0.29) is 0 Å². The zero-order valence-electron chi connectivity index (χ0n) is 26.2. The standard InChI is InChI=1S/C47H29N/c1-3-13-34(14-4-1)27-30-46(42-20-10-7-17-38(42)39-18-8-11-21-43(39)46)36-23-25-37(26-24-36)47(31-28-35-15-5-2-6-16-35)44-22-12-9-19-40(44)41-33-48-32-29-45(41)47/h1-26,29,32-33H. The molecule has 9 rings (SSSR count). The number of benzene rings is 6. The van der Waals surface area contributed by atoms with Crippen molar-refractivity contribution in [3.05, 3.63) is 221 Å². The average Bonchev–Trinajstić information content (AvgIpc) is 3.62. The van der Waals surface area contributed by atoms with Gasteiger partial charge >= 0.3 is 0 Å². The molecule has 48 heavy (non-hydrogen) atoms. The molecule has 0 fully saturated rings. The summed E-state index contributed by atoms with van der Waals surface area (Å²) in [4.78, 5) is 4.53. The molecule has 2 aliphatic rings. The largest absolute Gasteiger partial charge is 0.264 e. The Balaban J connectivity index is 1.29. The first-order chi connectivity index (χ1) is 23.8. The highest BCUT2D eigenvalue weighted by Gasteiger charge is 2.46. The van der Waals surface area contributed by atoms with Crippen LogP contribution in [0, 0.1) is 23.7 Å². The maximum atomic E-state index is 4.53. The highest BCUT2D eigenvalue weighted by molar-refractivity contribution is 5.87. The molecule has 7 aromatic rings. The molecule has 222 valence electrons. The SMILES string of the molecule is C(#CC1(c2ccc(C3(C#Cc4ccccc4)c4ccccc4-c4cnccc43)cc2)c2ccccc2-c2ccccc21)c1ccccc1. The second-order valence-electron chi connectivity index (χ2n) is 12.4. The van der Waals surface area contributed by atoms with Crippen LogP contribution in [0.3, 0.4) is 0 Å². The lowest BCUT2D eigenvalue weighted by Crippen LogP contribution is -2.27. The van der Waals surface area contributed by atoms with E-state index in [0.717, 1.165) is 33.4 Å². The van der Waals surface area contributed by atoms with Gasteiger partial charge in [-0.25, -0.2) is 0 Å². The van der Waals surface area contributed by atoms with Gasteiger partial charge in [0.25, 0.3) is 0 Å². The Kier molecular flexibility index (Phi) is 6.46. The Labute approximate surface area is 281 Å². The van der Waals surface area contributed by atoms with Crippen molar-refractivity contribution in [3.63, 3.8) is 0 Å². The fraction of sp³-hybridized carbons (Fsp3) is 0.0426. The van der Waals surface area contributed by atoms with Crippen molar-refractivity contribution >= 4 is 0 Å². The monoisotopic (exact) mass is 607 g/mol. The van der Waals surface area contributed by atoms with Crippen molar-refractivity contribution in [1.82, 2.24) is 4.98 Å². The van der Waals surface area contributed by atoms with E-state index in [1.165, 1.54) is 33.4 Å². The minimum atomic E-state index is -0.669. The molecule has 2 aliphatic carbocycles. The van der Waals surface area contributed by atoms with Crippen LogP contribution in [0.25, 0.3) is 22.3 Å². The second-order valence-corrected chi connectivity index (χ2v) is 12.4. The minimum Gasteiger partial charge on any atom is -0.264 e. The lowest BCUT2D eigenvalue weighted by molar-refractivity contribution is 0.814. The molecule has 0 saturated carbocycles. The number of rotatable bonds is 2. The van der Waals surface area contributed by atoms with Crippen LogP contribution in [0.2, 0.25) is 0 Å². The van der Waals surface area contributed by atoms with E-state index in [2.05, 4.69) is 156 Å². The Morgan fingerprint density at radius 2 is 0.729 bits per heavy atom. The quantitative estimate of drug-likeness (QED) is 0.178. The van der Waals surface area contributed by atoms with Gasteiger partial charge in [-0.15, -0.1) is 0 Å². The molecule has 1 unspecified atom stereocenters. The third-order valence-electron chi connectivity index (χ3n) is 9.89. The van der Waals surface area contributed by atoms with Gasteiger partial charge in [0.15, 0.2) is 0 Å². The first-order valence-electron chi connectivity index (χ1n) is 16.3. The van der Waals surface area contributed by atoms with Crippen molar-refractivity contribution in [2.24, 2.45) is 0 Å². The van der Waals surface area contributed by atoms with Gasteiger partial charge < -0.3 is 0 Å². The van der Waals surface area contributed by atoms with Crippen molar-refractivity contribution in [2.45, 2.75) is 10.8 Å². The van der Waals surface area contributed by atoms with Gasteiger partial charge in [-0.1, -0.05) is 157 Å². The molecular formula is C47H29N. The van der Waals surface area contributed by atoms with E-state index in [4.69, 9.17) is 0 Å². The Hall–Kier alpha value is -6.41. The van der Waals surface area contributed by atoms with Gasteiger partial charge in [-0.2, -0.15) is 0 Å². The molecule has 1 nitrogen and oxygen atoms in total. The summed E-state index contributed by atoms with van der Waals surface area (Å²) in [6.45, 7) is 0. The summed E-state index contributed by atoms with van der Waals surface area (Å²) in [5.74, 6) is 14.8. The summed E-state index contributed by atoms with van der Waals surface area (Å²) < 4.78 is 0. The van der Waals surface area contributed by atoms with E-state index < -0.39 is 10.8 Å². The molecule has 0 spiro atoms. The minimum absolute atomic E-state index is 0.639. The fourth-order valence-corrected chi connectivity index (χ4v) is 7.74. The van der Waals surface area contributed by atoms with E-state index >= 15 is 0 Å². The van der Waals surface area contributed by atoms with Crippen molar-refractivity contribution in [1.29, 1.82) is 0 Å². The average molecular weight is 608 g/mol. The normalized spacial score (nSPS) is 15.8. The first kappa shape index (κ1) is 27.9. The highest BCUT2D eigenvalue weighted by Crippen LogP contribution is 2.54. The third-order valence-corrected chi connectivity index (χ3v) is 9.89. The Bertz CT molecular complexity index is 2180. The molecule has 1 aromatic heterocycles. The molecular weight excluding hydrogens is 579 g/mol. The molecule has 0 aliphatic heterocycles. The topological polar surface area (TPSA) is 12.9 Å². The predicted octanol–water partition coefficient (Wildman–Crippen LogP) is 9.81. The zero-order chi connectivity index (χ0) is 32.0. The van der Waals surface area contributed by atoms with Crippen molar-refractivity contribution in [2.75, 3.05) is 0 Å². The van der Waals surface area contributed by atoms with E-state index in [9.17, 15) is 0 Å². The Morgan fingerprint density at radius 3 is 1.19 bits per heavy atom. The number of pyridine rings is 1. The third kappa shape index (κ3) is 4.12. The van der Waals surface area contributed by atoms with Crippen LogP contribution in [-0.2, 0) is 10.8 Å². The predicted molar refractivity (Wildman–Crippen MR) is 194 cm³/mol. The number of hydrogen-bond donors (Lipinski definition) is 0. The van der Waals surface area contributed by atoms with Crippen LogP contribution in [0.15, 0.2) is 176 Å². The molecule has 1 atom stereocenters. The second kappa shape index (κ2) is 11.1. The first-order valence-corrected chi connectivity index (χ1v) is 16.3. The smallest absolute Gasteiger partial charge is 0.108 e. The summed E-state index contributed by atoms with van der Waals surface area (Å²) >= 11 is 0. The fourth-order valence-electron chi connectivity index (χ4n) is 7.74. The van der Waals surface area contributed by atoms with Gasteiger partial charge in [0.05, 0.1) is 0 Å². The molecule has 6 aromatic carbocycles. The summed E-state index contributed by atoms with van der Waals surface area (Å²) in [5, 5.41) is 0. The number of fused-ring (bicyclic) bond motifs is 6. The van der Waals surface area contributed by atoms with E-state index in [1.807, 2.05) is 48.8 Å². The summed E-state index contributed by atoms with van der Waals surface area (Å²) in [6, 6.07) is 57.9. The van der Waals surface area contributed by atoms with Gasteiger partial charge in [-0.3, -0.25) is 4.98 Å². The molecule has 0 amide bonds. The number of nitrogens with zero attached hydrogens (tertiary/aromatic N) is 1. The van der Waals surface area contributed by atoms with Gasteiger partial charge in [0, 0.05) is 29.1 Å². The van der Waals surface area contributed by atoms with Crippen molar-refractivity contribution < 1.29 is 0 Å². The van der Waals surface area contributed by atoms with Crippen molar-refractivity contribution in [3.8, 4) is 45.9 Å². The van der Waals surface area contributed by atoms with Crippen LogP contribution in [0.4, 0.5) is 0 Å². The number of aromatic nitrogens is 1. The van der Waals surface area contributed by atoms with Crippen LogP contribution in [-0.4, -0.2) is 4.98 Å². The summed E-state index contributed by atoms with van der Waals surface area (Å²) in [7, 11) is 0. The van der Waals surface area contributed by atoms with Crippen LogP contribution >= 0.6 is 0 Å². The summed E-state index contributed by atoms with van der Waals surface area (Å²) in [5.41, 5.74) is 12.5. The lowest BCUT2D eigenvalue weighted by Gasteiger charge is -2.30. The molecule has 1 heterocycles.